The summed E-state index contributed by atoms with van der Waals surface area (Å²) in [7, 11) is 0. The highest BCUT2D eigenvalue weighted by atomic mass is 16.1. The summed E-state index contributed by atoms with van der Waals surface area (Å²) in [5, 5.41) is 6.45. The first-order valence-corrected chi connectivity index (χ1v) is 7.32. The zero-order chi connectivity index (χ0) is 16.1. The maximum absolute atomic E-state index is 11.3. The molecule has 0 amide bonds. The van der Waals surface area contributed by atoms with Gasteiger partial charge in [-0.3, -0.25) is 4.79 Å². The van der Waals surface area contributed by atoms with Gasteiger partial charge in [-0.15, -0.1) is 0 Å². The molecule has 114 valence electrons. The number of benzene rings is 2. The molecule has 0 aliphatic heterocycles. The highest BCUT2D eigenvalue weighted by Gasteiger charge is 2.04. The summed E-state index contributed by atoms with van der Waals surface area (Å²) in [5.74, 6) is 0.860. The number of Topliss-reactive ketones (excluding diaryl/α,β-unsaturated/α-hetero) is 1. The third kappa shape index (κ3) is 4.48. The molecule has 3 nitrogen and oxygen atoms in total. The van der Waals surface area contributed by atoms with Gasteiger partial charge in [0.25, 0.3) is 0 Å². The number of carbonyl (C=O) groups excluding carboxylic acids is 1. The van der Waals surface area contributed by atoms with E-state index in [0.29, 0.717) is 12.2 Å². The fraction of sp³-hybridized carbons (Fsp3) is 0.211. The predicted octanol–water partition coefficient (Wildman–Crippen LogP) is 4.43. The number of hydrogen-bond acceptors (Lipinski definition) is 3. The molecule has 2 aromatic carbocycles. The van der Waals surface area contributed by atoms with Crippen LogP contribution >= 0.6 is 0 Å². The second kappa shape index (κ2) is 6.94. The first-order chi connectivity index (χ1) is 10.4. The van der Waals surface area contributed by atoms with Gasteiger partial charge in [0, 0.05) is 17.8 Å². The molecule has 0 aliphatic carbocycles. The monoisotopic (exact) mass is 294 g/mol. The van der Waals surface area contributed by atoms with E-state index < -0.39 is 0 Å². The molecule has 0 radical (unpaired) electrons. The van der Waals surface area contributed by atoms with Gasteiger partial charge in [-0.2, -0.15) is 0 Å². The first-order valence-electron chi connectivity index (χ1n) is 7.32. The molecule has 22 heavy (non-hydrogen) atoms. The van der Waals surface area contributed by atoms with Crippen molar-refractivity contribution in [1.82, 2.24) is 0 Å². The normalized spacial score (nSPS) is 10.1. The van der Waals surface area contributed by atoms with Crippen molar-refractivity contribution in [3.8, 4) is 0 Å². The molecule has 0 spiro atoms. The summed E-state index contributed by atoms with van der Waals surface area (Å²) in [4.78, 5) is 11.3. The van der Waals surface area contributed by atoms with Gasteiger partial charge in [0.2, 0.25) is 0 Å². The molecule has 0 aromatic heterocycles. The lowest BCUT2D eigenvalue weighted by Gasteiger charge is -2.14. The third-order valence-corrected chi connectivity index (χ3v) is 3.43. The van der Waals surface area contributed by atoms with Crippen molar-refractivity contribution in [1.29, 1.82) is 0 Å². The van der Waals surface area contributed by atoms with Gasteiger partial charge < -0.3 is 10.6 Å². The Bertz CT molecular complexity index is 687. The van der Waals surface area contributed by atoms with E-state index in [-0.39, 0.29) is 5.78 Å². The van der Waals surface area contributed by atoms with E-state index in [1.54, 1.807) is 6.92 Å². The van der Waals surface area contributed by atoms with E-state index in [1.165, 1.54) is 5.56 Å². The Morgan fingerprint density at radius 3 is 2.23 bits per heavy atom. The van der Waals surface area contributed by atoms with Crippen molar-refractivity contribution in [2.45, 2.75) is 27.2 Å². The Morgan fingerprint density at radius 2 is 1.59 bits per heavy atom. The lowest BCUT2D eigenvalue weighted by Crippen LogP contribution is -2.09. The molecule has 0 aliphatic rings. The molecular formula is C19H22N2O. The van der Waals surface area contributed by atoms with Gasteiger partial charge >= 0.3 is 0 Å². The summed E-state index contributed by atoms with van der Waals surface area (Å²) in [6.07, 6.45) is 0.458. The number of rotatable bonds is 6. The highest BCUT2D eigenvalue weighted by Crippen LogP contribution is 2.18. The van der Waals surface area contributed by atoms with Gasteiger partial charge in [-0.1, -0.05) is 30.3 Å². The van der Waals surface area contributed by atoms with Gasteiger partial charge in [0.05, 0.1) is 0 Å². The zero-order valence-corrected chi connectivity index (χ0v) is 13.4. The Hall–Kier alpha value is -2.55. The second-order valence-corrected chi connectivity index (χ2v) is 5.61. The topological polar surface area (TPSA) is 41.1 Å². The van der Waals surface area contributed by atoms with E-state index >= 15 is 0 Å². The zero-order valence-electron chi connectivity index (χ0n) is 13.4. The van der Waals surface area contributed by atoms with Crippen LogP contribution in [0, 0.1) is 13.8 Å². The van der Waals surface area contributed by atoms with E-state index in [9.17, 15) is 4.79 Å². The maximum Gasteiger partial charge on any atom is 0.134 e. The maximum atomic E-state index is 11.3. The Morgan fingerprint density at radius 1 is 1.00 bits per heavy atom. The standard InChI is InChI=1S/C19H22N2O/c1-13-5-8-18(9-6-13)20-16(4)21-19-10-7-14(2)17(12-19)11-15(3)22/h5-10,12,20-21H,4,11H2,1-3H3. The fourth-order valence-electron chi connectivity index (χ4n) is 2.22. The van der Waals surface area contributed by atoms with Crippen molar-refractivity contribution in [3.63, 3.8) is 0 Å². The third-order valence-electron chi connectivity index (χ3n) is 3.43. The van der Waals surface area contributed by atoms with Crippen LogP contribution in [0.5, 0.6) is 0 Å². The Kier molecular flexibility index (Phi) is 4.99. The molecule has 2 aromatic rings. The van der Waals surface area contributed by atoms with E-state index in [1.807, 2.05) is 49.4 Å². The quantitative estimate of drug-likeness (QED) is 0.828. The Labute approximate surface area is 132 Å². The SMILES string of the molecule is C=C(Nc1ccc(C)cc1)Nc1ccc(C)c(CC(C)=O)c1. The second-order valence-electron chi connectivity index (χ2n) is 5.61. The van der Waals surface area contributed by atoms with Gasteiger partial charge in [-0.05, 0) is 56.2 Å². The summed E-state index contributed by atoms with van der Waals surface area (Å²) in [6, 6.07) is 14.1. The minimum absolute atomic E-state index is 0.164. The average Bonchev–Trinajstić information content (AvgIpc) is 2.44. The summed E-state index contributed by atoms with van der Waals surface area (Å²) in [5.41, 5.74) is 5.29. The molecule has 3 heteroatoms. The van der Waals surface area contributed by atoms with Crippen molar-refractivity contribution in [3.05, 3.63) is 71.6 Å². The van der Waals surface area contributed by atoms with Crippen LogP contribution in [0.15, 0.2) is 54.9 Å². The summed E-state index contributed by atoms with van der Waals surface area (Å²) >= 11 is 0. The van der Waals surface area contributed by atoms with Gasteiger partial charge in [0.15, 0.2) is 0 Å². The van der Waals surface area contributed by atoms with Crippen molar-refractivity contribution >= 4 is 17.2 Å². The molecule has 0 heterocycles. The van der Waals surface area contributed by atoms with Crippen LogP contribution < -0.4 is 10.6 Å². The number of anilines is 2. The average molecular weight is 294 g/mol. The van der Waals surface area contributed by atoms with E-state index in [4.69, 9.17) is 0 Å². The van der Waals surface area contributed by atoms with Crippen LogP contribution in [0.4, 0.5) is 11.4 Å². The highest BCUT2D eigenvalue weighted by molar-refractivity contribution is 5.79. The van der Waals surface area contributed by atoms with Crippen molar-refractivity contribution in [2.75, 3.05) is 10.6 Å². The Balaban J connectivity index is 2.05. The van der Waals surface area contributed by atoms with Gasteiger partial charge in [0.1, 0.15) is 11.6 Å². The van der Waals surface area contributed by atoms with Crippen molar-refractivity contribution < 1.29 is 4.79 Å². The van der Waals surface area contributed by atoms with Crippen LogP contribution in [0.2, 0.25) is 0 Å². The number of aryl methyl sites for hydroxylation is 2. The number of carbonyl (C=O) groups is 1. The largest absolute Gasteiger partial charge is 0.342 e. The van der Waals surface area contributed by atoms with Crippen LogP contribution in [-0.2, 0) is 11.2 Å². The van der Waals surface area contributed by atoms with E-state index in [0.717, 1.165) is 22.5 Å². The number of hydrogen-bond donors (Lipinski definition) is 2. The molecule has 0 saturated carbocycles. The minimum Gasteiger partial charge on any atom is -0.342 e. The molecule has 0 saturated heterocycles. The van der Waals surface area contributed by atoms with Crippen LogP contribution in [0.1, 0.15) is 23.6 Å². The lowest BCUT2D eigenvalue weighted by molar-refractivity contribution is -0.116. The molecule has 0 fully saturated rings. The summed E-state index contributed by atoms with van der Waals surface area (Å²) < 4.78 is 0. The van der Waals surface area contributed by atoms with Crippen LogP contribution in [-0.4, -0.2) is 5.78 Å². The minimum atomic E-state index is 0.164. The molecule has 0 atom stereocenters. The van der Waals surface area contributed by atoms with Gasteiger partial charge in [-0.25, -0.2) is 0 Å². The number of nitrogens with one attached hydrogen (secondary N) is 2. The molecule has 2 rings (SSSR count). The predicted molar refractivity (Wildman–Crippen MR) is 93.1 cm³/mol. The van der Waals surface area contributed by atoms with Crippen molar-refractivity contribution in [2.24, 2.45) is 0 Å². The number of ketones is 1. The first kappa shape index (κ1) is 15.8. The molecule has 2 N–H and O–H groups in total. The molecule has 0 unspecified atom stereocenters. The molecular weight excluding hydrogens is 272 g/mol. The smallest absolute Gasteiger partial charge is 0.134 e. The van der Waals surface area contributed by atoms with E-state index in [2.05, 4.69) is 24.1 Å². The van der Waals surface area contributed by atoms with Crippen LogP contribution in [0.25, 0.3) is 0 Å². The van der Waals surface area contributed by atoms with Crippen LogP contribution in [0.3, 0.4) is 0 Å². The lowest BCUT2D eigenvalue weighted by atomic mass is 10.0. The summed E-state index contributed by atoms with van der Waals surface area (Å²) in [6.45, 7) is 9.67. The fourth-order valence-corrected chi connectivity index (χ4v) is 2.22. The molecule has 0 bridgehead atoms.